The Labute approximate surface area is 181 Å². The molecule has 3 rings (SSSR count). The van der Waals surface area contributed by atoms with Gasteiger partial charge in [0.1, 0.15) is 11.9 Å². The summed E-state index contributed by atoms with van der Waals surface area (Å²) in [5, 5.41) is 13.8. The molecule has 0 saturated carbocycles. The minimum Gasteiger partial charge on any atom is -0.442 e. The van der Waals surface area contributed by atoms with Gasteiger partial charge in [-0.05, 0) is 35.7 Å². The van der Waals surface area contributed by atoms with E-state index in [1.807, 2.05) is 24.3 Å². The van der Waals surface area contributed by atoms with Crippen LogP contribution in [-0.2, 0) is 16.1 Å². The second-order valence-corrected chi connectivity index (χ2v) is 7.66. The number of hydroxylamine groups is 2. The number of cyclic esters (lactones) is 1. The molecule has 7 nitrogen and oxygen atoms in total. The fourth-order valence-corrected chi connectivity index (χ4v) is 3.42. The minimum atomic E-state index is -0.566. The highest BCUT2D eigenvalue weighted by molar-refractivity contribution is 5.90. The maximum Gasteiger partial charge on any atom is 0.414 e. The van der Waals surface area contributed by atoms with E-state index >= 15 is 0 Å². The molecule has 1 atom stereocenters. The lowest BCUT2D eigenvalue weighted by Gasteiger charge is -2.16. The Morgan fingerprint density at radius 1 is 1.29 bits per heavy atom. The molecule has 1 aliphatic heterocycles. The van der Waals surface area contributed by atoms with Crippen molar-refractivity contribution >= 4 is 17.7 Å². The van der Waals surface area contributed by atoms with E-state index in [0.717, 1.165) is 18.4 Å². The number of hydrogen-bond donors (Lipinski definition) is 2. The Bertz CT molecular complexity index is 920. The first-order valence-electron chi connectivity index (χ1n) is 10.4. The standard InChI is InChI=1S/C23H28FN3O4/c1-3-4-11-26(30)14-17-5-7-18(8-6-17)21-10-9-19(12-22(21)24)27-15-20(31-23(27)29)13-25-16(2)28/h5-10,12,20,30H,3-4,11,13-15H2,1-2H3,(H,25,28)/t20-/m0/s1. The predicted molar refractivity (Wildman–Crippen MR) is 115 cm³/mol. The molecule has 0 aliphatic carbocycles. The van der Waals surface area contributed by atoms with Crippen molar-refractivity contribution in [3.8, 4) is 11.1 Å². The van der Waals surface area contributed by atoms with Crippen molar-refractivity contribution in [2.45, 2.75) is 39.3 Å². The number of halogens is 1. The summed E-state index contributed by atoms with van der Waals surface area (Å²) >= 11 is 0. The predicted octanol–water partition coefficient (Wildman–Crippen LogP) is 3.95. The largest absolute Gasteiger partial charge is 0.442 e. The van der Waals surface area contributed by atoms with Gasteiger partial charge < -0.3 is 15.3 Å². The van der Waals surface area contributed by atoms with Crippen molar-refractivity contribution < 1.29 is 23.9 Å². The van der Waals surface area contributed by atoms with E-state index < -0.39 is 18.0 Å². The molecule has 0 spiro atoms. The molecule has 1 heterocycles. The summed E-state index contributed by atoms with van der Waals surface area (Å²) < 4.78 is 20.1. The average Bonchev–Trinajstić information content (AvgIpc) is 3.12. The number of anilines is 1. The van der Waals surface area contributed by atoms with E-state index in [4.69, 9.17) is 4.74 Å². The number of amides is 2. The van der Waals surface area contributed by atoms with Crippen LogP contribution >= 0.6 is 0 Å². The third-order valence-electron chi connectivity index (χ3n) is 5.12. The smallest absolute Gasteiger partial charge is 0.414 e. The van der Waals surface area contributed by atoms with Crippen LogP contribution in [0.4, 0.5) is 14.9 Å². The van der Waals surface area contributed by atoms with Crippen LogP contribution < -0.4 is 10.2 Å². The van der Waals surface area contributed by atoms with Crippen LogP contribution in [-0.4, -0.2) is 48.0 Å². The van der Waals surface area contributed by atoms with Gasteiger partial charge in [0.2, 0.25) is 5.91 Å². The first kappa shape index (κ1) is 22.7. The number of ether oxygens (including phenoxy) is 1. The van der Waals surface area contributed by atoms with Crippen LogP contribution in [0.25, 0.3) is 11.1 Å². The van der Waals surface area contributed by atoms with Crippen molar-refractivity contribution in [2.75, 3.05) is 24.5 Å². The lowest BCUT2D eigenvalue weighted by Crippen LogP contribution is -2.33. The monoisotopic (exact) mass is 429 g/mol. The fourth-order valence-electron chi connectivity index (χ4n) is 3.42. The zero-order valence-electron chi connectivity index (χ0n) is 17.8. The van der Waals surface area contributed by atoms with Crippen molar-refractivity contribution in [2.24, 2.45) is 0 Å². The summed E-state index contributed by atoms with van der Waals surface area (Å²) in [6.45, 7) is 4.94. The van der Waals surface area contributed by atoms with Crippen LogP contribution in [0.2, 0.25) is 0 Å². The van der Waals surface area contributed by atoms with Crippen LogP contribution in [0.5, 0.6) is 0 Å². The lowest BCUT2D eigenvalue weighted by molar-refractivity contribution is -0.119. The Morgan fingerprint density at radius 2 is 2.03 bits per heavy atom. The Morgan fingerprint density at radius 3 is 2.68 bits per heavy atom. The van der Waals surface area contributed by atoms with Crippen LogP contribution in [0, 0.1) is 5.82 Å². The van der Waals surface area contributed by atoms with Crippen molar-refractivity contribution in [1.29, 1.82) is 0 Å². The van der Waals surface area contributed by atoms with E-state index in [1.54, 1.807) is 12.1 Å². The first-order valence-corrected chi connectivity index (χ1v) is 10.4. The van der Waals surface area contributed by atoms with E-state index in [0.29, 0.717) is 29.9 Å². The molecule has 2 N–H and O–H groups in total. The molecular weight excluding hydrogens is 401 g/mol. The Balaban J connectivity index is 1.67. The number of nitrogens with one attached hydrogen (secondary N) is 1. The highest BCUT2D eigenvalue weighted by atomic mass is 19.1. The molecule has 0 unspecified atom stereocenters. The van der Waals surface area contributed by atoms with E-state index in [9.17, 15) is 19.2 Å². The zero-order chi connectivity index (χ0) is 22.4. The number of carbonyl (C=O) groups is 2. The summed E-state index contributed by atoms with van der Waals surface area (Å²) in [6.07, 6.45) is 0.889. The highest BCUT2D eigenvalue weighted by Crippen LogP contribution is 2.29. The van der Waals surface area contributed by atoms with Gasteiger partial charge in [-0.1, -0.05) is 37.6 Å². The number of hydrogen-bond acceptors (Lipinski definition) is 5. The third-order valence-corrected chi connectivity index (χ3v) is 5.12. The topological polar surface area (TPSA) is 82.1 Å². The number of carbonyl (C=O) groups excluding carboxylic acids is 2. The maximum absolute atomic E-state index is 14.8. The second-order valence-electron chi connectivity index (χ2n) is 7.66. The SMILES string of the molecule is CCCCN(O)Cc1ccc(-c2ccc(N3C[C@H](CNC(C)=O)OC3=O)cc2F)cc1. The molecule has 1 saturated heterocycles. The van der Waals surface area contributed by atoms with E-state index in [1.165, 1.54) is 23.0 Å². The summed E-state index contributed by atoms with van der Waals surface area (Å²) in [5.74, 6) is -0.654. The van der Waals surface area contributed by atoms with Gasteiger partial charge in [-0.25, -0.2) is 9.18 Å². The molecule has 2 aromatic rings. The average molecular weight is 429 g/mol. The number of rotatable bonds is 9. The van der Waals surface area contributed by atoms with Gasteiger partial charge >= 0.3 is 6.09 Å². The molecule has 31 heavy (non-hydrogen) atoms. The number of benzene rings is 2. The highest BCUT2D eigenvalue weighted by Gasteiger charge is 2.32. The van der Waals surface area contributed by atoms with Crippen molar-refractivity contribution in [3.63, 3.8) is 0 Å². The molecule has 2 amide bonds. The quantitative estimate of drug-likeness (QED) is 0.590. The van der Waals surface area contributed by atoms with E-state index in [2.05, 4.69) is 12.2 Å². The summed E-state index contributed by atoms with van der Waals surface area (Å²) in [6, 6.07) is 12.0. The first-order chi connectivity index (χ1) is 14.9. The van der Waals surface area contributed by atoms with Gasteiger partial charge in [0, 0.05) is 25.6 Å². The van der Waals surface area contributed by atoms with E-state index in [-0.39, 0.29) is 19.0 Å². The molecule has 8 heteroatoms. The summed E-state index contributed by atoms with van der Waals surface area (Å²) in [4.78, 5) is 24.5. The van der Waals surface area contributed by atoms with Crippen molar-refractivity contribution in [1.82, 2.24) is 10.4 Å². The normalized spacial score (nSPS) is 16.0. The van der Waals surface area contributed by atoms with Gasteiger partial charge in [-0.2, -0.15) is 5.06 Å². The Hall–Kier alpha value is -2.97. The number of unbranched alkanes of at least 4 members (excludes halogenated alkanes) is 1. The van der Waals surface area contributed by atoms with Crippen LogP contribution in [0.1, 0.15) is 32.3 Å². The van der Waals surface area contributed by atoms with Gasteiger partial charge in [0.05, 0.1) is 18.8 Å². The molecule has 2 aromatic carbocycles. The molecule has 0 radical (unpaired) electrons. The minimum absolute atomic E-state index is 0.205. The molecule has 1 fully saturated rings. The lowest BCUT2D eigenvalue weighted by atomic mass is 10.0. The molecule has 166 valence electrons. The molecular formula is C23H28FN3O4. The fraction of sp³-hybridized carbons (Fsp3) is 0.391. The third kappa shape index (κ3) is 6.02. The van der Waals surface area contributed by atoms with Gasteiger partial charge in [-0.3, -0.25) is 9.69 Å². The number of nitrogens with zero attached hydrogens (tertiary/aromatic N) is 2. The molecule has 0 aromatic heterocycles. The maximum atomic E-state index is 14.8. The molecule has 0 bridgehead atoms. The van der Waals surface area contributed by atoms with Crippen LogP contribution in [0.3, 0.4) is 0 Å². The molecule has 1 aliphatic rings. The zero-order valence-corrected chi connectivity index (χ0v) is 17.8. The van der Waals surface area contributed by atoms with Crippen molar-refractivity contribution in [3.05, 3.63) is 53.8 Å². The Kier molecular flexibility index (Phi) is 7.59. The second kappa shape index (κ2) is 10.4. The van der Waals surface area contributed by atoms with Gasteiger partial charge in [0.15, 0.2) is 0 Å². The van der Waals surface area contributed by atoms with Gasteiger partial charge in [-0.15, -0.1) is 0 Å². The summed E-state index contributed by atoms with van der Waals surface area (Å²) in [7, 11) is 0. The summed E-state index contributed by atoms with van der Waals surface area (Å²) in [5.41, 5.74) is 2.47. The van der Waals surface area contributed by atoms with Crippen LogP contribution in [0.15, 0.2) is 42.5 Å². The van der Waals surface area contributed by atoms with Gasteiger partial charge in [0.25, 0.3) is 0 Å².